The highest BCUT2D eigenvalue weighted by atomic mass is 16.1. The molecule has 3 heteroatoms. The van der Waals surface area contributed by atoms with E-state index >= 15 is 0 Å². The number of allylic oxidation sites excluding steroid dienone is 4. The molecule has 1 aliphatic heterocycles. The van der Waals surface area contributed by atoms with Gasteiger partial charge in [0.15, 0.2) is 0 Å². The Morgan fingerprint density at radius 2 is 1.62 bits per heavy atom. The van der Waals surface area contributed by atoms with Gasteiger partial charge in [0.05, 0.1) is 0 Å². The van der Waals surface area contributed by atoms with Gasteiger partial charge in [-0.3, -0.25) is 4.79 Å². The van der Waals surface area contributed by atoms with E-state index in [-0.39, 0.29) is 11.8 Å². The van der Waals surface area contributed by atoms with E-state index in [1.54, 1.807) is 11.1 Å². The summed E-state index contributed by atoms with van der Waals surface area (Å²) in [5, 5.41) is 3.43. The smallest absolute Gasteiger partial charge is 0.232 e. The lowest BCUT2D eigenvalue weighted by Crippen LogP contribution is -2.52. The Morgan fingerprint density at radius 1 is 1.00 bits per heavy atom. The van der Waals surface area contributed by atoms with Crippen LogP contribution in [0.3, 0.4) is 0 Å². The van der Waals surface area contributed by atoms with Gasteiger partial charge in [-0.15, -0.1) is 0 Å². The van der Waals surface area contributed by atoms with Crippen LogP contribution in [0.25, 0.3) is 0 Å². The van der Waals surface area contributed by atoms with Crippen molar-refractivity contribution in [3.63, 3.8) is 0 Å². The van der Waals surface area contributed by atoms with E-state index < -0.39 is 5.41 Å². The molecule has 1 aliphatic carbocycles. The number of nitrogens with one attached hydrogen (secondary N) is 1. The number of carbonyl (C=O) groups excluding carboxylic acids is 1. The summed E-state index contributed by atoms with van der Waals surface area (Å²) in [6.07, 6.45) is 11.0. The summed E-state index contributed by atoms with van der Waals surface area (Å²) in [4.78, 5) is 12.7. The summed E-state index contributed by atoms with van der Waals surface area (Å²) in [7, 11) is 0. The molecule has 3 nitrogen and oxygen atoms in total. The van der Waals surface area contributed by atoms with Crippen LogP contribution in [0.4, 0.5) is 0 Å². The highest BCUT2D eigenvalue weighted by molar-refractivity contribution is 5.91. The molecule has 0 spiro atoms. The van der Waals surface area contributed by atoms with Crippen LogP contribution in [0.15, 0.2) is 83.5 Å². The van der Waals surface area contributed by atoms with E-state index in [4.69, 9.17) is 5.73 Å². The predicted molar refractivity (Wildman–Crippen MR) is 144 cm³/mol. The number of amides is 1. The second-order valence-electron chi connectivity index (χ2n) is 9.63. The lowest BCUT2D eigenvalue weighted by molar-refractivity contribution is -0.124. The number of primary amides is 1. The Hall–Kier alpha value is -2.65. The maximum atomic E-state index is 12.7. The molecule has 2 aromatic carbocycles. The second-order valence-corrected chi connectivity index (χ2v) is 9.63. The molecule has 0 saturated carbocycles. The van der Waals surface area contributed by atoms with Gasteiger partial charge in [0, 0.05) is 0 Å². The molecule has 2 aromatic rings. The standard InChI is InChI=1S/C19H22N2O.C12H20/c20-18(22)19(15-8-3-1-4-9-15,16-10-5-2-6-11-16)17-12-7-13-21-14-17;1-4-10(3)9-12-8-6-7-11(12)5-2/h1-6,8-11,17,21H,7,12-14H2,(H2,20,22);9H,4-8H2,1-3H3/b;10-9+. The van der Waals surface area contributed by atoms with Crippen LogP contribution in [0, 0.1) is 5.92 Å². The summed E-state index contributed by atoms with van der Waals surface area (Å²) < 4.78 is 0. The number of hydrogen-bond acceptors (Lipinski definition) is 2. The number of hydrogen-bond donors (Lipinski definition) is 2. The van der Waals surface area contributed by atoms with Crippen molar-refractivity contribution >= 4 is 5.91 Å². The van der Waals surface area contributed by atoms with Gasteiger partial charge in [-0.05, 0) is 87.6 Å². The summed E-state index contributed by atoms with van der Waals surface area (Å²) in [5.41, 5.74) is 12.1. The van der Waals surface area contributed by atoms with Gasteiger partial charge in [-0.25, -0.2) is 0 Å². The molecule has 1 heterocycles. The maximum Gasteiger partial charge on any atom is 0.232 e. The fraction of sp³-hybridized carbons (Fsp3) is 0.452. The molecule has 1 atom stereocenters. The van der Waals surface area contributed by atoms with E-state index in [1.807, 2.05) is 60.7 Å². The zero-order chi connectivity index (χ0) is 24.4. The minimum absolute atomic E-state index is 0.170. The maximum absolute atomic E-state index is 12.7. The van der Waals surface area contributed by atoms with Gasteiger partial charge in [-0.1, -0.05) is 91.7 Å². The van der Waals surface area contributed by atoms with E-state index in [9.17, 15) is 4.79 Å². The third-order valence-electron chi connectivity index (χ3n) is 7.54. The van der Waals surface area contributed by atoms with Gasteiger partial charge in [0.1, 0.15) is 5.41 Å². The molecule has 1 saturated heterocycles. The first kappa shape index (κ1) is 26.0. The van der Waals surface area contributed by atoms with Crippen LogP contribution in [-0.4, -0.2) is 19.0 Å². The van der Waals surface area contributed by atoms with E-state index in [2.05, 4.69) is 32.2 Å². The monoisotopic (exact) mass is 458 g/mol. The van der Waals surface area contributed by atoms with Crippen molar-refractivity contribution in [1.82, 2.24) is 5.32 Å². The molecule has 3 N–H and O–H groups in total. The van der Waals surface area contributed by atoms with Crippen LogP contribution >= 0.6 is 0 Å². The highest BCUT2D eigenvalue weighted by Gasteiger charge is 2.47. The third kappa shape index (κ3) is 5.88. The van der Waals surface area contributed by atoms with E-state index in [0.29, 0.717) is 0 Å². The molecule has 2 aliphatic rings. The van der Waals surface area contributed by atoms with E-state index in [0.717, 1.165) is 37.1 Å². The normalized spacial score (nSPS) is 18.9. The highest BCUT2D eigenvalue weighted by Crippen LogP contribution is 2.42. The fourth-order valence-corrected chi connectivity index (χ4v) is 5.55. The molecule has 1 unspecified atom stereocenters. The average Bonchev–Trinajstić information content (AvgIpc) is 3.33. The Kier molecular flexibility index (Phi) is 9.71. The summed E-state index contributed by atoms with van der Waals surface area (Å²) >= 11 is 0. The van der Waals surface area contributed by atoms with Crippen molar-refractivity contribution in [3.8, 4) is 0 Å². The molecule has 0 radical (unpaired) electrons. The van der Waals surface area contributed by atoms with Gasteiger partial charge in [0.2, 0.25) is 5.91 Å². The first-order valence-corrected chi connectivity index (χ1v) is 13.0. The largest absolute Gasteiger partial charge is 0.369 e. The topological polar surface area (TPSA) is 55.1 Å². The lowest BCUT2D eigenvalue weighted by Gasteiger charge is -2.41. The zero-order valence-corrected chi connectivity index (χ0v) is 21.3. The van der Waals surface area contributed by atoms with Crippen molar-refractivity contribution < 1.29 is 4.79 Å². The molecular weight excluding hydrogens is 416 g/mol. The van der Waals surface area contributed by atoms with Gasteiger partial charge in [-0.2, -0.15) is 0 Å². The fourth-order valence-electron chi connectivity index (χ4n) is 5.55. The minimum atomic E-state index is -0.768. The average molecular weight is 459 g/mol. The van der Waals surface area contributed by atoms with Crippen molar-refractivity contribution in [2.24, 2.45) is 11.7 Å². The summed E-state index contributed by atoms with van der Waals surface area (Å²) in [6.45, 7) is 8.56. The predicted octanol–water partition coefficient (Wildman–Crippen LogP) is 6.69. The van der Waals surface area contributed by atoms with Crippen LogP contribution in [-0.2, 0) is 10.2 Å². The Labute approximate surface area is 206 Å². The quantitative estimate of drug-likeness (QED) is 0.485. The van der Waals surface area contributed by atoms with E-state index in [1.165, 1.54) is 37.7 Å². The summed E-state index contributed by atoms with van der Waals surface area (Å²) in [5.74, 6) is -0.0952. The number of benzene rings is 2. The first-order valence-electron chi connectivity index (χ1n) is 13.0. The van der Waals surface area contributed by atoms with Crippen molar-refractivity contribution in [1.29, 1.82) is 0 Å². The molecule has 1 amide bonds. The van der Waals surface area contributed by atoms with Crippen LogP contribution < -0.4 is 11.1 Å². The van der Waals surface area contributed by atoms with Crippen LogP contribution in [0.5, 0.6) is 0 Å². The zero-order valence-electron chi connectivity index (χ0n) is 21.3. The minimum Gasteiger partial charge on any atom is -0.369 e. The number of rotatable bonds is 7. The molecule has 182 valence electrons. The molecule has 0 aromatic heterocycles. The second kappa shape index (κ2) is 12.7. The number of carbonyl (C=O) groups is 1. The van der Waals surface area contributed by atoms with Crippen LogP contribution in [0.2, 0.25) is 0 Å². The number of piperidine rings is 1. The first-order chi connectivity index (χ1) is 16.5. The van der Waals surface area contributed by atoms with Crippen molar-refractivity contribution in [2.45, 2.75) is 71.1 Å². The van der Waals surface area contributed by atoms with Crippen molar-refractivity contribution in [3.05, 3.63) is 94.6 Å². The summed E-state index contributed by atoms with van der Waals surface area (Å²) in [6, 6.07) is 19.9. The molecule has 34 heavy (non-hydrogen) atoms. The van der Waals surface area contributed by atoms with Crippen molar-refractivity contribution in [2.75, 3.05) is 13.1 Å². The molecule has 0 bridgehead atoms. The van der Waals surface area contributed by atoms with Crippen LogP contribution in [0.1, 0.15) is 76.8 Å². The Bertz CT molecular complexity index is 930. The Balaban J connectivity index is 0.000000229. The SMILES string of the molecule is CCC1=C(/C=C(\C)CC)CCC1.NC(=O)C(c1ccccc1)(c1ccccc1)C1CCCNC1. The van der Waals surface area contributed by atoms with Gasteiger partial charge >= 0.3 is 0 Å². The molecular formula is C31H42N2O. The van der Waals surface area contributed by atoms with Gasteiger partial charge < -0.3 is 11.1 Å². The molecule has 1 fully saturated rings. The molecule has 4 rings (SSSR count). The Morgan fingerprint density at radius 3 is 2.09 bits per heavy atom. The number of nitrogens with two attached hydrogens (primary N) is 1. The third-order valence-corrected chi connectivity index (χ3v) is 7.54. The van der Waals surface area contributed by atoms with Gasteiger partial charge in [0.25, 0.3) is 0 Å². The lowest BCUT2D eigenvalue weighted by atomic mass is 9.63.